The lowest BCUT2D eigenvalue weighted by atomic mass is 10.1. The quantitative estimate of drug-likeness (QED) is 0.825. The van der Waals surface area contributed by atoms with Crippen molar-refractivity contribution in [2.75, 3.05) is 16.8 Å². The Balaban J connectivity index is 2.31. The highest BCUT2D eigenvalue weighted by Gasteiger charge is 2.30. The van der Waals surface area contributed by atoms with Gasteiger partial charge in [0.05, 0.1) is 11.4 Å². The van der Waals surface area contributed by atoms with Crippen molar-refractivity contribution in [3.05, 3.63) is 24.3 Å². The summed E-state index contributed by atoms with van der Waals surface area (Å²) in [6.45, 7) is 6.90. The van der Waals surface area contributed by atoms with Crippen LogP contribution in [0.15, 0.2) is 24.3 Å². The molecular formula is C16H20N2O. The van der Waals surface area contributed by atoms with Gasteiger partial charge in [0.15, 0.2) is 0 Å². The molecule has 1 aromatic rings. The molecule has 1 heterocycles. The SMILES string of the molecule is C#CC1CC(=O)N(c2ccccc2NC(C)(C)C)C1. The number of benzene rings is 1. The highest BCUT2D eigenvalue weighted by molar-refractivity contribution is 5.99. The fraction of sp³-hybridized carbons (Fsp3) is 0.438. The van der Waals surface area contributed by atoms with E-state index in [0.29, 0.717) is 13.0 Å². The van der Waals surface area contributed by atoms with Gasteiger partial charge in [0.2, 0.25) is 5.91 Å². The lowest BCUT2D eigenvalue weighted by Gasteiger charge is -2.27. The lowest BCUT2D eigenvalue weighted by Crippen LogP contribution is -2.30. The smallest absolute Gasteiger partial charge is 0.228 e. The van der Waals surface area contributed by atoms with E-state index in [0.717, 1.165) is 11.4 Å². The second-order valence-electron chi connectivity index (χ2n) is 5.96. The number of terminal acetylenes is 1. The normalized spacial score (nSPS) is 19.4. The van der Waals surface area contributed by atoms with Crippen LogP contribution in [0.2, 0.25) is 0 Å². The van der Waals surface area contributed by atoms with Crippen molar-refractivity contribution in [2.45, 2.75) is 32.7 Å². The van der Waals surface area contributed by atoms with E-state index in [9.17, 15) is 4.79 Å². The minimum absolute atomic E-state index is 0.0233. The molecule has 19 heavy (non-hydrogen) atoms. The van der Waals surface area contributed by atoms with Crippen LogP contribution in [0.4, 0.5) is 11.4 Å². The fourth-order valence-corrected chi connectivity index (χ4v) is 2.27. The van der Waals surface area contributed by atoms with E-state index in [-0.39, 0.29) is 17.4 Å². The summed E-state index contributed by atoms with van der Waals surface area (Å²) < 4.78 is 0. The lowest BCUT2D eigenvalue weighted by molar-refractivity contribution is -0.117. The maximum absolute atomic E-state index is 12.1. The zero-order chi connectivity index (χ0) is 14.0. The molecule has 1 amide bonds. The van der Waals surface area contributed by atoms with Gasteiger partial charge in [-0.1, -0.05) is 12.1 Å². The molecule has 0 spiro atoms. The number of nitrogens with one attached hydrogen (secondary N) is 1. The molecule has 100 valence electrons. The van der Waals surface area contributed by atoms with E-state index >= 15 is 0 Å². The minimum atomic E-state index is -0.0512. The van der Waals surface area contributed by atoms with Crippen molar-refractivity contribution >= 4 is 17.3 Å². The van der Waals surface area contributed by atoms with Crippen molar-refractivity contribution in [3.8, 4) is 12.3 Å². The van der Waals surface area contributed by atoms with Crippen LogP contribution in [-0.4, -0.2) is 18.0 Å². The number of carbonyl (C=O) groups is 1. The van der Waals surface area contributed by atoms with E-state index in [1.165, 1.54) is 0 Å². The van der Waals surface area contributed by atoms with Gasteiger partial charge in [-0.05, 0) is 32.9 Å². The molecular weight excluding hydrogens is 236 g/mol. The number of nitrogens with zero attached hydrogens (tertiary/aromatic N) is 1. The Labute approximate surface area is 115 Å². The van der Waals surface area contributed by atoms with E-state index in [1.54, 1.807) is 4.90 Å². The molecule has 3 nitrogen and oxygen atoms in total. The zero-order valence-corrected chi connectivity index (χ0v) is 11.7. The van der Waals surface area contributed by atoms with Gasteiger partial charge in [-0.2, -0.15) is 0 Å². The minimum Gasteiger partial charge on any atom is -0.379 e. The molecule has 3 heteroatoms. The van der Waals surface area contributed by atoms with Gasteiger partial charge in [0, 0.05) is 24.4 Å². The van der Waals surface area contributed by atoms with Crippen molar-refractivity contribution in [3.63, 3.8) is 0 Å². The Hall–Kier alpha value is -1.95. The summed E-state index contributed by atoms with van der Waals surface area (Å²) in [5.41, 5.74) is 1.84. The number of hydrogen-bond donors (Lipinski definition) is 1. The molecule has 0 aromatic heterocycles. The maximum Gasteiger partial charge on any atom is 0.228 e. The average Bonchev–Trinajstić information content (AvgIpc) is 2.69. The molecule has 1 unspecified atom stereocenters. The van der Waals surface area contributed by atoms with Crippen LogP contribution in [0, 0.1) is 18.3 Å². The third-order valence-electron chi connectivity index (χ3n) is 3.07. The number of para-hydroxylation sites is 2. The second-order valence-corrected chi connectivity index (χ2v) is 5.96. The van der Waals surface area contributed by atoms with Crippen LogP contribution < -0.4 is 10.2 Å². The summed E-state index contributed by atoms with van der Waals surface area (Å²) in [5, 5.41) is 3.43. The number of anilines is 2. The molecule has 2 rings (SSSR count). The summed E-state index contributed by atoms with van der Waals surface area (Å²) in [5.74, 6) is 2.81. The summed E-state index contributed by atoms with van der Waals surface area (Å²) in [7, 11) is 0. The predicted molar refractivity (Wildman–Crippen MR) is 79.1 cm³/mol. The third-order valence-corrected chi connectivity index (χ3v) is 3.07. The van der Waals surface area contributed by atoms with E-state index < -0.39 is 0 Å². The maximum atomic E-state index is 12.1. The number of carbonyl (C=O) groups excluding carboxylic acids is 1. The average molecular weight is 256 g/mol. The Bertz CT molecular complexity index is 522. The summed E-state index contributed by atoms with van der Waals surface area (Å²) >= 11 is 0. The molecule has 0 bridgehead atoms. The van der Waals surface area contributed by atoms with E-state index in [2.05, 4.69) is 32.0 Å². The Morgan fingerprint density at radius 1 is 1.37 bits per heavy atom. The molecule has 1 aliphatic rings. The summed E-state index contributed by atoms with van der Waals surface area (Å²) in [4.78, 5) is 13.9. The topological polar surface area (TPSA) is 32.3 Å². The molecule has 0 saturated carbocycles. The van der Waals surface area contributed by atoms with Crippen LogP contribution >= 0.6 is 0 Å². The van der Waals surface area contributed by atoms with Crippen LogP contribution in [0.1, 0.15) is 27.2 Å². The molecule has 0 aliphatic carbocycles. The first kappa shape index (κ1) is 13.5. The van der Waals surface area contributed by atoms with E-state index in [1.807, 2.05) is 24.3 Å². The van der Waals surface area contributed by atoms with Gasteiger partial charge >= 0.3 is 0 Å². The number of amides is 1. The van der Waals surface area contributed by atoms with Gasteiger partial charge in [-0.3, -0.25) is 4.79 Å². The van der Waals surface area contributed by atoms with Crippen LogP contribution in [0.5, 0.6) is 0 Å². The first-order valence-electron chi connectivity index (χ1n) is 6.54. The van der Waals surface area contributed by atoms with Gasteiger partial charge < -0.3 is 10.2 Å². The highest BCUT2D eigenvalue weighted by Crippen LogP contribution is 2.32. The Morgan fingerprint density at radius 3 is 2.63 bits per heavy atom. The second kappa shape index (κ2) is 4.97. The number of rotatable bonds is 2. The fourth-order valence-electron chi connectivity index (χ4n) is 2.27. The van der Waals surface area contributed by atoms with Crippen molar-refractivity contribution in [2.24, 2.45) is 5.92 Å². The van der Waals surface area contributed by atoms with Crippen LogP contribution in [-0.2, 0) is 4.79 Å². The van der Waals surface area contributed by atoms with Gasteiger partial charge in [-0.25, -0.2) is 0 Å². The van der Waals surface area contributed by atoms with Crippen molar-refractivity contribution in [1.29, 1.82) is 0 Å². The van der Waals surface area contributed by atoms with Crippen molar-refractivity contribution < 1.29 is 4.79 Å². The standard InChI is InChI=1S/C16H20N2O/c1-5-12-10-15(19)18(11-12)14-9-7-6-8-13(14)17-16(2,3)4/h1,6-9,12,17H,10-11H2,2-4H3. The predicted octanol–water partition coefficient (Wildman–Crippen LogP) is 2.88. The van der Waals surface area contributed by atoms with Crippen LogP contribution in [0.3, 0.4) is 0 Å². The van der Waals surface area contributed by atoms with Gasteiger partial charge in [0.25, 0.3) is 0 Å². The van der Waals surface area contributed by atoms with Crippen molar-refractivity contribution in [1.82, 2.24) is 0 Å². The number of hydrogen-bond acceptors (Lipinski definition) is 2. The molecule has 0 radical (unpaired) electrons. The zero-order valence-electron chi connectivity index (χ0n) is 11.7. The molecule has 1 aliphatic heterocycles. The largest absolute Gasteiger partial charge is 0.379 e. The Kier molecular flexibility index (Phi) is 3.53. The molecule has 1 atom stereocenters. The van der Waals surface area contributed by atoms with Crippen LogP contribution in [0.25, 0.3) is 0 Å². The first-order valence-corrected chi connectivity index (χ1v) is 6.54. The van der Waals surface area contributed by atoms with Gasteiger partial charge in [-0.15, -0.1) is 12.3 Å². The summed E-state index contributed by atoms with van der Waals surface area (Å²) in [6, 6.07) is 7.87. The first-order chi connectivity index (χ1) is 8.90. The molecule has 1 fully saturated rings. The molecule has 1 aromatic carbocycles. The third kappa shape index (κ3) is 3.08. The highest BCUT2D eigenvalue weighted by atomic mass is 16.2. The molecule has 1 N–H and O–H groups in total. The van der Waals surface area contributed by atoms with E-state index in [4.69, 9.17) is 6.42 Å². The monoisotopic (exact) mass is 256 g/mol. The Morgan fingerprint density at radius 2 is 2.05 bits per heavy atom. The molecule has 1 saturated heterocycles. The summed E-state index contributed by atoms with van der Waals surface area (Å²) in [6.07, 6.45) is 5.88. The van der Waals surface area contributed by atoms with Gasteiger partial charge in [0.1, 0.15) is 0 Å².